The van der Waals surface area contributed by atoms with Crippen molar-refractivity contribution in [1.29, 1.82) is 0 Å². The molecule has 72 valence electrons. The number of esters is 1. The summed E-state index contributed by atoms with van der Waals surface area (Å²) in [5.74, 6) is -0.539. The van der Waals surface area contributed by atoms with Gasteiger partial charge in [0, 0.05) is 6.42 Å². The minimum absolute atomic E-state index is 0.00810. The summed E-state index contributed by atoms with van der Waals surface area (Å²) in [5, 5.41) is 0. The highest BCUT2D eigenvalue weighted by atomic mass is 19.1. The second kappa shape index (κ2) is 4.40. The molecule has 0 amide bonds. The van der Waals surface area contributed by atoms with Gasteiger partial charge in [-0.2, -0.15) is 0 Å². The van der Waals surface area contributed by atoms with Crippen LogP contribution in [0.3, 0.4) is 0 Å². The molecular weight excluding hydrogens is 161 g/mol. The van der Waals surface area contributed by atoms with E-state index in [1.807, 2.05) is 0 Å². The van der Waals surface area contributed by atoms with E-state index in [0.717, 1.165) is 0 Å². The van der Waals surface area contributed by atoms with Crippen LogP contribution in [0.1, 0.15) is 27.2 Å². The van der Waals surface area contributed by atoms with Crippen LogP contribution in [0.2, 0.25) is 0 Å². The lowest BCUT2D eigenvalue weighted by molar-refractivity contribution is -0.145. The molecule has 2 N–H and O–H groups in total. The lowest BCUT2D eigenvalue weighted by Gasteiger charge is -2.17. The molecule has 1 atom stereocenters. The van der Waals surface area contributed by atoms with Crippen LogP contribution in [0.25, 0.3) is 0 Å². The Balaban J connectivity index is 3.87. The third kappa shape index (κ3) is 5.07. The predicted octanol–water partition coefficient (Wildman–Crippen LogP) is 1.01. The molecule has 3 nitrogen and oxygen atoms in total. The summed E-state index contributed by atoms with van der Waals surface area (Å²) in [4.78, 5) is 10.9. The Bertz CT molecular complexity index is 154. The number of hydrogen-bond acceptors (Lipinski definition) is 3. The molecule has 0 saturated heterocycles. The van der Waals surface area contributed by atoms with E-state index in [0.29, 0.717) is 0 Å². The highest BCUT2D eigenvalue weighted by Crippen LogP contribution is 2.15. The van der Waals surface area contributed by atoms with E-state index in [9.17, 15) is 9.18 Å². The van der Waals surface area contributed by atoms with E-state index in [2.05, 4.69) is 4.74 Å². The van der Waals surface area contributed by atoms with Crippen LogP contribution in [0, 0.1) is 0 Å². The summed E-state index contributed by atoms with van der Waals surface area (Å²) in [6.45, 7) is 4.72. The summed E-state index contributed by atoms with van der Waals surface area (Å²) in [6, 6.07) is -0.857. The highest BCUT2D eigenvalue weighted by Gasteiger charge is 2.25. The van der Waals surface area contributed by atoms with Crippen LogP contribution in [0.5, 0.6) is 0 Å². The van der Waals surface area contributed by atoms with Crippen molar-refractivity contribution in [2.45, 2.75) is 38.9 Å². The van der Waals surface area contributed by atoms with Gasteiger partial charge < -0.3 is 10.5 Å². The fraction of sp³-hybridized carbons (Fsp3) is 0.875. The fourth-order valence-corrected chi connectivity index (χ4v) is 0.856. The van der Waals surface area contributed by atoms with Gasteiger partial charge in [-0.1, -0.05) is 0 Å². The molecule has 0 saturated carbocycles. The molecule has 0 heterocycles. The molecule has 0 fully saturated rings. The average molecular weight is 177 g/mol. The SMILES string of the molecule is CCOC(=O)[C@@H](N)CC(C)(C)F. The summed E-state index contributed by atoms with van der Waals surface area (Å²) in [6.07, 6.45) is -0.00810. The van der Waals surface area contributed by atoms with Gasteiger partial charge >= 0.3 is 5.97 Å². The van der Waals surface area contributed by atoms with Crippen molar-refractivity contribution in [2.75, 3.05) is 6.61 Å². The summed E-state index contributed by atoms with van der Waals surface area (Å²) in [5.41, 5.74) is 3.95. The van der Waals surface area contributed by atoms with Gasteiger partial charge in [-0.3, -0.25) is 4.79 Å². The van der Waals surface area contributed by atoms with Gasteiger partial charge in [0.05, 0.1) is 6.61 Å². The van der Waals surface area contributed by atoms with Gasteiger partial charge in [-0.15, -0.1) is 0 Å². The van der Waals surface area contributed by atoms with Crippen molar-refractivity contribution in [3.8, 4) is 0 Å². The van der Waals surface area contributed by atoms with Crippen molar-refractivity contribution in [1.82, 2.24) is 0 Å². The number of carbonyl (C=O) groups is 1. The minimum Gasteiger partial charge on any atom is -0.465 e. The fourth-order valence-electron chi connectivity index (χ4n) is 0.856. The number of rotatable bonds is 4. The second-order valence-corrected chi connectivity index (χ2v) is 3.28. The maximum Gasteiger partial charge on any atom is 0.323 e. The number of carbonyl (C=O) groups excluding carboxylic acids is 1. The zero-order chi connectivity index (χ0) is 9.78. The first-order valence-corrected chi connectivity index (χ1v) is 3.98. The molecule has 0 aliphatic heterocycles. The van der Waals surface area contributed by atoms with Crippen molar-refractivity contribution in [3.63, 3.8) is 0 Å². The molecule has 4 heteroatoms. The first-order valence-electron chi connectivity index (χ1n) is 3.98. The van der Waals surface area contributed by atoms with Crippen molar-refractivity contribution < 1.29 is 13.9 Å². The van der Waals surface area contributed by atoms with Gasteiger partial charge in [0.1, 0.15) is 11.7 Å². The highest BCUT2D eigenvalue weighted by molar-refractivity contribution is 5.75. The topological polar surface area (TPSA) is 52.3 Å². The van der Waals surface area contributed by atoms with E-state index in [1.54, 1.807) is 6.92 Å². The molecule has 0 radical (unpaired) electrons. The summed E-state index contributed by atoms with van der Waals surface area (Å²) >= 11 is 0. The molecule has 0 bridgehead atoms. The van der Waals surface area contributed by atoms with Crippen LogP contribution in [0.4, 0.5) is 4.39 Å². The standard InChI is InChI=1S/C8H16FNO2/c1-4-12-7(11)6(10)5-8(2,3)9/h6H,4-5,10H2,1-3H3/t6-/m0/s1. The number of alkyl halides is 1. The maximum atomic E-state index is 13.0. The monoisotopic (exact) mass is 177 g/mol. The molecule has 0 aromatic heterocycles. The molecule has 0 unspecified atom stereocenters. The Morgan fingerprint density at radius 1 is 1.67 bits per heavy atom. The first-order chi connectivity index (χ1) is 5.37. The normalized spacial score (nSPS) is 14.1. The van der Waals surface area contributed by atoms with Crippen molar-refractivity contribution in [2.24, 2.45) is 5.73 Å². The van der Waals surface area contributed by atoms with Crippen LogP contribution in [-0.4, -0.2) is 24.3 Å². The van der Waals surface area contributed by atoms with E-state index in [-0.39, 0.29) is 13.0 Å². The van der Waals surface area contributed by atoms with Crippen LogP contribution in [0.15, 0.2) is 0 Å². The second-order valence-electron chi connectivity index (χ2n) is 3.28. The molecule has 0 aliphatic carbocycles. The number of halogens is 1. The summed E-state index contributed by atoms with van der Waals surface area (Å²) < 4.78 is 17.6. The Hall–Kier alpha value is -0.640. The zero-order valence-corrected chi connectivity index (χ0v) is 7.76. The van der Waals surface area contributed by atoms with Gasteiger partial charge in [0.15, 0.2) is 0 Å². The predicted molar refractivity (Wildman–Crippen MR) is 44.4 cm³/mol. The molecular formula is C8H16FNO2. The van der Waals surface area contributed by atoms with Crippen LogP contribution in [-0.2, 0) is 9.53 Å². The van der Waals surface area contributed by atoms with E-state index < -0.39 is 17.7 Å². The lowest BCUT2D eigenvalue weighted by atomic mass is 10.0. The zero-order valence-electron chi connectivity index (χ0n) is 7.76. The Morgan fingerprint density at radius 3 is 2.50 bits per heavy atom. The van der Waals surface area contributed by atoms with Crippen molar-refractivity contribution in [3.05, 3.63) is 0 Å². The Morgan fingerprint density at radius 2 is 2.17 bits per heavy atom. The molecule has 12 heavy (non-hydrogen) atoms. The molecule has 0 rings (SSSR count). The quantitative estimate of drug-likeness (QED) is 0.652. The lowest BCUT2D eigenvalue weighted by Crippen LogP contribution is -2.37. The van der Waals surface area contributed by atoms with Gasteiger partial charge in [-0.05, 0) is 20.8 Å². The van der Waals surface area contributed by atoms with E-state index in [1.165, 1.54) is 13.8 Å². The van der Waals surface area contributed by atoms with E-state index >= 15 is 0 Å². The number of nitrogens with two attached hydrogens (primary N) is 1. The molecule has 0 aromatic rings. The van der Waals surface area contributed by atoms with Gasteiger partial charge in [0.25, 0.3) is 0 Å². The van der Waals surface area contributed by atoms with Crippen LogP contribution >= 0.6 is 0 Å². The average Bonchev–Trinajstić information content (AvgIpc) is 1.84. The summed E-state index contributed by atoms with van der Waals surface area (Å²) in [7, 11) is 0. The maximum absolute atomic E-state index is 13.0. The van der Waals surface area contributed by atoms with Crippen molar-refractivity contribution >= 4 is 5.97 Å². The Labute approximate surface area is 72.1 Å². The molecule has 0 spiro atoms. The van der Waals surface area contributed by atoms with Crippen LogP contribution < -0.4 is 5.73 Å². The minimum atomic E-state index is -1.42. The van der Waals surface area contributed by atoms with E-state index in [4.69, 9.17) is 5.73 Å². The third-order valence-electron chi connectivity index (χ3n) is 1.29. The smallest absolute Gasteiger partial charge is 0.323 e. The number of hydrogen-bond donors (Lipinski definition) is 1. The molecule has 0 aromatic carbocycles. The number of ether oxygens (including phenoxy) is 1. The van der Waals surface area contributed by atoms with Gasteiger partial charge in [0.2, 0.25) is 0 Å². The first kappa shape index (κ1) is 11.4. The van der Waals surface area contributed by atoms with Gasteiger partial charge in [-0.25, -0.2) is 4.39 Å². The third-order valence-corrected chi connectivity index (χ3v) is 1.29. The largest absolute Gasteiger partial charge is 0.465 e. The molecule has 0 aliphatic rings. The Kier molecular flexibility index (Phi) is 4.17.